The number of alkyl halides is 3. The van der Waals surface area contributed by atoms with Gasteiger partial charge in [0, 0.05) is 29.8 Å². The van der Waals surface area contributed by atoms with E-state index in [9.17, 15) is 13.2 Å². The van der Waals surface area contributed by atoms with Crippen molar-refractivity contribution >= 4 is 0 Å². The van der Waals surface area contributed by atoms with Gasteiger partial charge in [-0.05, 0) is 63.1 Å². The Balaban J connectivity index is 1.38. The Hall–Kier alpha value is -3.62. The van der Waals surface area contributed by atoms with E-state index in [1.54, 1.807) is 31.5 Å². The highest BCUT2D eigenvalue weighted by Crippen LogP contribution is 2.40. The van der Waals surface area contributed by atoms with Crippen LogP contribution in [0.4, 0.5) is 13.2 Å². The highest BCUT2D eigenvalue weighted by atomic mass is 19.4. The summed E-state index contributed by atoms with van der Waals surface area (Å²) in [6.07, 6.45) is -2.09. The molecule has 2 aromatic carbocycles. The van der Waals surface area contributed by atoms with Crippen molar-refractivity contribution in [3.05, 3.63) is 71.7 Å². The van der Waals surface area contributed by atoms with Crippen molar-refractivity contribution in [3.63, 3.8) is 0 Å². The van der Waals surface area contributed by atoms with E-state index in [-0.39, 0.29) is 11.4 Å². The van der Waals surface area contributed by atoms with Gasteiger partial charge in [0.15, 0.2) is 17.2 Å². The Labute approximate surface area is 194 Å². The van der Waals surface area contributed by atoms with E-state index in [2.05, 4.69) is 26.5 Å². The van der Waals surface area contributed by atoms with Crippen LogP contribution in [0.5, 0.6) is 5.75 Å². The van der Waals surface area contributed by atoms with E-state index in [0.717, 1.165) is 17.3 Å². The number of rotatable bonds is 6. The lowest BCUT2D eigenvalue weighted by atomic mass is 10.1. The summed E-state index contributed by atoms with van der Waals surface area (Å²) in [5.74, 6) is 1.74. The van der Waals surface area contributed by atoms with Gasteiger partial charge in [-0.25, -0.2) is 0 Å². The van der Waals surface area contributed by atoms with Crippen LogP contribution in [0.1, 0.15) is 49.7 Å². The molecule has 9 heteroatoms. The summed E-state index contributed by atoms with van der Waals surface area (Å²) in [7, 11) is 1.64. The molecule has 4 aromatic rings. The maximum atomic E-state index is 13.5. The second kappa shape index (κ2) is 8.00. The normalized spacial score (nSPS) is 14.4. The molecule has 0 aliphatic heterocycles. The Morgan fingerprint density at radius 1 is 1.00 bits per heavy atom. The minimum absolute atomic E-state index is 0.0269. The van der Waals surface area contributed by atoms with Gasteiger partial charge in [-0.2, -0.15) is 18.3 Å². The van der Waals surface area contributed by atoms with Gasteiger partial charge in [0.1, 0.15) is 5.75 Å². The van der Waals surface area contributed by atoms with E-state index in [4.69, 9.17) is 4.74 Å². The van der Waals surface area contributed by atoms with Crippen molar-refractivity contribution in [1.82, 2.24) is 25.0 Å². The standard InChI is InChI=1S/C25H24F3N5O/c1-24(2,23-32-31-22(33(23)3)18-6-4-5-7-19(18)25(26,27)28)34-17-12-10-16(11-13-17)21-14-20(29-30-21)15-8-9-15/h4-7,10-15H,8-9H2,1-3H3,(H,29,30). The highest BCUT2D eigenvalue weighted by molar-refractivity contribution is 5.62. The number of ether oxygens (including phenoxy) is 1. The molecule has 1 aliphatic rings. The molecule has 0 amide bonds. The third-order valence-electron chi connectivity index (χ3n) is 6.02. The van der Waals surface area contributed by atoms with E-state index >= 15 is 0 Å². The average Bonchev–Trinajstić information content (AvgIpc) is 3.38. The van der Waals surface area contributed by atoms with Gasteiger partial charge in [-0.15, -0.1) is 10.2 Å². The maximum Gasteiger partial charge on any atom is 0.417 e. The Kier molecular flexibility index (Phi) is 5.22. The van der Waals surface area contributed by atoms with E-state index in [0.29, 0.717) is 17.5 Å². The van der Waals surface area contributed by atoms with Crippen molar-refractivity contribution < 1.29 is 17.9 Å². The molecule has 0 saturated heterocycles. The molecule has 34 heavy (non-hydrogen) atoms. The maximum absolute atomic E-state index is 13.5. The largest absolute Gasteiger partial charge is 0.480 e. The molecule has 2 heterocycles. The highest BCUT2D eigenvalue weighted by Gasteiger charge is 2.36. The monoisotopic (exact) mass is 467 g/mol. The first kappa shape index (κ1) is 22.2. The summed E-state index contributed by atoms with van der Waals surface area (Å²) >= 11 is 0. The first-order valence-electron chi connectivity index (χ1n) is 11.0. The molecular formula is C25H24F3N5O. The zero-order chi connectivity index (χ0) is 24.1. The van der Waals surface area contributed by atoms with Gasteiger partial charge in [-0.3, -0.25) is 5.10 Å². The molecule has 176 valence electrons. The van der Waals surface area contributed by atoms with Gasteiger partial charge in [-0.1, -0.05) is 18.2 Å². The Morgan fingerprint density at radius 2 is 1.71 bits per heavy atom. The quantitative estimate of drug-likeness (QED) is 0.373. The second-order valence-corrected chi connectivity index (χ2v) is 9.07. The van der Waals surface area contributed by atoms with Crippen LogP contribution in [-0.4, -0.2) is 25.0 Å². The molecule has 1 N–H and O–H groups in total. The molecule has 1 saturated carbocycles. The van der Waals surface area contributed by atoms with Crippen molar-refractivity contribution in [1.29, 1.82) is 0 Å². The smallest absolute Gasteiger partial charge is 0.417 e. The summed E-state index contributed by atoms with van der Waals surface area (Å²) in [6, 6.07) is 15.0. The first-order valence-corrected chi connectivity index (χ1v) is 11.0. The topological polar surface area (TPSA) is 68.6 Å². The fourth-order valence-electron chi connectivity index (χ4n) is 4.14. The fourth-order valence-corrected chi connectivity index (χ4v) is 4.14. The van der Waals surface area contributed by atoms with Gasteiger partial charge in [0.2, 0.25) is 0 Å². The Bertz CT molecular complexity index is 1320. The minimum Gasteiger partial charge on any atom is -0.480 e. The van der Waals surface area contributed by atoms with Crippen LogP contribution in [0, 0.1) is 0 Å². The van der Waals surface area contributed by atoms with Crippen LogP contribution < -0.4 is 4.74 Å². The number of hydrogen-bond acceptors (Lipinski definition) is 4. The lowest BCUT2D eigenvalue weighted by Crippen LogP contribution is -2.29. The predicted octanol–water partition coefficient (Wildman–Crippen LogP) is 6.08. The van der Waals surface area contributed by atoms with Crippen molar-refractivity contribution in [2.24, 2.45) is 7.05 Å². The van der Waals surface area contributed by atoms with Gasteiger partial charge in [0.25, 0.3) is 0 Å². The summed E-state index contributed by atoms with van der Waals surface area (Å²) in [4.78, 5) is 0. The zero-order valence-corrected chi connectivity index (χ0v) is 19.0. The molecule has 5 rings (SSSR count). The van der Waals surface area contributed by atoms with Crippen LogP contribution >= 0.6 is 0 Å². The number of hydrogen-bond donors (Lipinski definition) is 1. The van der Waals surface area contributed by atoms with Crippen LogP contribution in [0.15, 0.2) is 54.6 Å². The number of nitrogens with one attached hydrogen (secondary N) is 1. The van der Waals surface area contributed by atoms with Crippen LogP contribution in [0.2, 0.25) is 0 Å². The summed E-state index contributed by atoms with van der Waals surface area (Å²) < 4.78 is 48.2. The van der Waals surface area contributed by atoms with E-state index < -0.39 is 17.3 Å². The van der Waals surface area contributed by atoms with Crippen molar-refractivity contribution in [2.45, 2.75) is 44.4 Å². The van der Waals surface area contributed by atoms with Crippen LogP contribution in [0.3, 0.4) is 0 Å². The molecule has 0 spiro atoms. The van der Waals surface area contributed by atoms with Gasteiger partial charge < -0.3 is 9.30 Å². The van der Waals surface area contributed by atoms with E-state index in [1.165, 1.54) is 30.7 Å². The molecule has 0 bridgehead atoms. The first-order chi connectivity index (χ1) is 16.1. The zero-order valence-electron chi connectivity index (χ0n) is 19.0. The SMILES string of the molecule is Cn1c(-c2ccccc2C(F)(F)F)nnc1C(C)(C)Oc1ccc(-c2cc(C3CC3)[nH]n2)cc1. The fraction of sp³-hybridized carbons (Fsp3) is 0.320. The third kappa shape index (κ3) is 4.18. The van der Waals surface area contributed by atoms with Crippen molar-refractivity contribution in [2.75, 3.05) is 0 Å². The lowest BCUT2D eigenvalue weighted by molar-refractivity contribution is -0.137. The van der Waals surface area contributed by atoms with Gasteiger partial charge in [0.05, 0.1) is 11.3 Å². The molecule has 1 fully saturated rings. The number of aromatic nitrogens is 5. The average molecular weight is 467 g/mol. The molecule has 1 aliphatic carbocycles. The molecular weight excluding hydrogens is 443 g/mol. The van der Waals surface area contributed by atoms with Crippen LogP contribution in [-0.2, 0) is 18.8 Å². The molecule has 0 radical (unpaired) electrons. The predicted molar refractivity (Wildman–Crippen MR) is 121 cm³/mol. The molecule has 2 aromatic heterocycles. The minimum atomic E-state index is -4.50. The number of benzene rings is 2. The third-order valence-corrected chi connectivity index (χ3v) is 6.02. The number of H-pyrrole nitrogens is 1. The summed E-state index contributed by atoms with van der Waals surface area (Å²) in [6.45, 7) is 3.61. The summed E-state index contributed by atoms with van der Waals surface area (Å²) in [5, 5.41) is 15.8. The Morgan fingerprint density at radius 3 is 2.38 bits per heavy atom. The van der Waals surface area contributed by atoms with Crippen LogP contribution in [0.25, 0.3) is 22.6 Å². The number of nitrogens with zero attached hydrogens (tertiary/aromatic N) is 4. The summed E-state index contributed by atoms with van der Waals surface area (Å²) in [5.41, 5.74) is 1.30. The lowest BCUT2D eigenvalue weighted by Gasteiger charge is -2.25. The second-order valence-electron chi connectivity index (χ2n) is 9.07. The van der Waals surface area contributed by atoms with Crippen molar-refractivity contribution in [3.8, 4) is 28.4 Å². The van der Waals surface area contributed by atoms with E-state index in [1.807, 2.05) is 24.3 Å². The van der Waals surface area contributed by atoms with Gasteiger partial charge >= 0.3 is 6.18 Å². The molecule has 0 atom stereocenters. The number of halogens is 3. The molecule has 0 unspecified atom stereocenters. The molecule has 6 nitrogen and oxygen atoms in total. The number of aromatic amines is 1.